The van der Waals surface area contributed by atoms with Crippen molar-refractivity contribution in [2.75, 3.05) is 13.1 Å². The number of halogens is 1. The first-order chi connectivity index (χ1) is 16.4. The minimum atomic E-state index is -0.350. The minimum Gasteiger partial charge on any atom is -0.508 e. The third-order valence-corrected chi connectivity index (χ3v) is 7.41. The molecule has 2 aliphatic heterocycles. The van der Waals surface area contributed by atoms with Crippen LogP contribution in [0.2, 0.25) is 5.02 Å². The fraction of sp³-hybridized carbons (Fsp3) is 0.345. The van der Waals surface area contributed by atoms with Crippen LogP contribution in [0.3, 0.4) is 0 Å². The maximum absolute atomic E-state index is 10.7. The maximum Gasteiger partial charge on any atom is 0.120 e. The summed E-state index contributed by atoms with van der Waals surface area (Å²) in [5, 5.41) is 15.2. The van der Waals surface area contributed by atoms with Gasteiger partial charge >= 0.3 is 0 Å². The average Bonchev–Trinajstić information content (AvgIpc) is 2.83. The summed E-state index contributed by atoms with van der Waals surface area (Å²) >= 11 is 6.33. The van der Waals surface area contributed by atoms with Crippen LogP contribution in [0, 0.1) is 13.8 Å². The standard InChI is InChI=1S/C29H32ClN3O/c1-20-8-10-24(21(2)16-20)26-18-27(25-17-23(30)9-11-28(25)34)32-29(31-26)12-14-33(15-13-29)19-22-6-4-3-5-7-22/h3-11,16-17,27,32,34H,12-15,18-19H2,1-2H3/t27-/m0/s1. The Hall–Kier alpha value is -2.66. The summed E-state index contributed by atoms with van der Waals surface area (Å²) in [4.78, 5) is 7.88. The van der Waals surface area contributed by atoms with Crippen LogP contribution in [0.4, 0.5) is 0 Å². The van der Waals surface area contributed by atoms with Crippen LogP contribution in [0.15, 0.2) is 71.7 Å². The summed E-state index contributed by atoms with van der Waals surface area (Å²) in [6.45, 7) is 7.19. The molecule has 0 bridgehead atoms. The first-order valence-electron chi connectivity index (χ1n) is 12.1. The molecule has 0 amide bonds. The van der Waals surface area contributed by atoms with E-state index in [9.17, 15) is 5.11 Å². The predicted molar refractivity (Wildman–Crippen MR) is 140 cm³/mol. The Morgan fingerprint density at radius 3 is 2.53 bits per heavy atom. The summed E-state index contributed by atoms with van der Waals surface area (Å²) in [6, 6.07) is 22.5. The molecule has 1 fully saturated rings. The van der Waals surface area contributed by atoms with Crippen LogP contribution in [0.1, 0.15) is 53.1 Å². The normalized spacial score (nSPS) is 20.3. The highest BCUT2D eigenvalue weighted by molar-refractivity contribution is 6.30. The molecule has 0 aliphatic carbocycles. The van der Waals surface area contributed by atoms with E-state index in [1.807, 2.05) is 6.07 Å². The van der Waals surface area contributed by atoms with Gasteiger partial charge in [-0.3, -0.25) is 15.2 Å². The van der Waals surface area contributed by atoms with Crippen LogP contribution in [-0.2, 0) is 6.54 Å². The second kappa shape index (κ2) is 9.53. The molecule has 176 valence electrons. The number of phenolic OH excluding ortho intramolecular Hbond substituents is 1. The molecule has 0 saturated carbocycles. The molecule has 4 nitrogen and oxygen atoms in total. The Morgan fingerprint density at radius 1 is 1.03 bits per heavy atom. The Balaban J connectivity index is 1.45. The third kappa shape index (κ3) is 4.90. The van der Waals surface area contributed by atoms with Crippen LogP contribution >= 0.6 is 11.6 Å². The molecule has 2 aliphatic rings. The van der Waals surface area contributed by atoms with Crippen molar-refractivity contribution >= 4 is 17.3 Å². The predicted octanol–water partition coefficient (Wildman–Crippen LogP) is 6.18. The summed E-state index contributed by atoms with van der Waals surface area (Å²) < 4.78 is 0. The number of benzene rings is 3. The summed E-state index contributed by atoms with van der Waals surface area (Å²) in [5.74, 6) is 0.278. The van der Waals surface area contributed by atoms with Crippen LogP contribution in [0.25, 0.3) is 0 Å². The molecule has 1 saturated heterocycles. The number of aromatic hydroxyl groups is 1. The largest absolute Gasteiger partial charge is 0.508 e. The topological polar surface area (TPSA) is 47.9 Å². The first kappa shape index (κ1) is 23.1. The van der Waals surface area contributed by atoms with Crippen LogP contribution < -0.4 is 5.32 Å². The summed E-state index contributed by atoms with van der Waals surface area (Å²) in [7, 11) is 0. The van der Waals surface area contributed by atoms with E-state index in [1.165, 1.54) is 22.3 Å². The molecule has 5 rings (SSSR count). The highest BCUT2D eigenvalue weighted by atomic mass is 35.5. The fourth-order valence-electron chi connectivity index (χ4n) is 5.38. The van der Waals surface area contributed by atoms with Gasteiger partial charge in [0.25, 0.3) is 0 Å². The Bertz CT molecular complexity index is 1200. The number of aryl methyl sites for hydroxylation is 2. The lowest BCUT2D eigenvalue weighted by Crippen LogP contribution is -2.55. The van der Waals surface area contributed by atoms with Crippen LogP contribution in [-0.4, -0.2) is 34.5 Å². The van der Waals surface area contributed by atoms with Gasteiger partial charge in [0.1, 0.15) is 11.4 Å². The van der Waals surface area contributed by atoms with Gasteiger partial charge in [-0.15, -0.1) is 0 Å². The minimum absolute atomic E-state index is 0.0485. The molecule has 1 spiro atoms. The third-order valence-electron chi connectivity index (χ3n) is 7.18. The lowest BCUT2D eigenvalue weighted by Gasteiger charge is -2.45. The van der Waals surface area contributed by atoms with Crippen molar-refractivity contribution in [3.05, 3.63) is 99.6 Å². The molecule has 3 aromatic rings. The number of nitrogens with zero attached hydrogens (tertiary/aromatic N) is 2. The van der Waals surface area contributed by atoms with E-state index in [0.29, 0.717) is 11.4 Å². The van der Waals surface area contributed by atoms with Crippen molar-refractivity contribution in [1.29, 1.82) is 0 Å². The van der Waals surface area contributed by atoms with Crippen molar-refractivity contribution in [2.24, 2.45) is 4.99 Å². The van der Waals surface area contributed by atoms with Crippen molar-refractivity contribution in [3.8, 4) is 5.75 Å². The number of hydrogen-bond acceptors (Lipinski definition) is 4. The molecule has 0 aromatic heterocycles. The van der Waals surface area contributed by atoms with Gasteiger partial charge in [-0.1, -0.05) is 65.7 Å². The number of likely N-dealkylation sites (tertiary alicyclic amines) is 1. The molecule has 3 aromatic carbocycles. The number of hydrogen-bond donors (Lipinski definition) is 2. The molecule has 1 atom stereocenters. The highest BCUT2D eigenvalue weighted by Crippen LogP contribution is 2.39. The molecule has 0 radical (unpaired) electrons. The molecule has 34 heavy (non-hydrogen) atoms. The first-order valence-corrected chi connectivity index (χ1v) is 12.5. The SMILES string of the molecule is Cc1ccc(C2=NC3(CCN(Cc4ccccc4)CC3)N[C@H](c3cc(Cl)ccc3O)C2)c(C)c1. The van der Waals surface area contributed by atoms with Crippen molar-refractivity contribution < 1.29 is 5.11 Å². The molecule has 0 unspecified atom stereocenters. The fourth-order valence-corrected chi connectivity index (χ4v) is 5.56. The second-order valence-electron chi connectivity index (χ2n) is 9.77. The lowest BCUT2D eigenvalue weighted by atomic mass is 9.86. The van der Waals surface area contributed by atoms with Gasteiger partial charge in [0.2, 0.25) is 0 Å². The number of piperidine rings is 1. The van der Waals surface area contributed by atoms with Crippen molar-refractivity contribution in [1.82, 2.24) is 10.2 Å². The summed E-state index contributed by atoms with van der Waals surface area (Å²) in [5.41, 5.74) is 6.64. The van der Waals surface area contributed by atoms with Gasteiger partial charge in [0.05, 0.1) is 0 Å². The highest BCUT2D eigenvalue weighted by Gasteiger charge is 2.40. The zero-order valence-corrected chi connectivity index (χ0v) is 20.6. The zero-order chi connectivity index (χ0) is 23.7. The Kier molecular flexibility index (Phi) is 6.48. The van der Waals surface area contributed by atoms with Gasteiger partial charge in [0, 0.05) is 48.4 Å². The summed E-state index contributed by atoms with van der Waals surface area (Å²) in [6.07, 6.45) is 2.56. The number of rotatable bonds is 4. The zero-order valence-electron chi connectivity index (χ0n) is 19.9. The van der Waals surface area contributed by atoms with E-state index >= 15 is 0 Å². The van der Waals surface area contributed by atoms with Gasteiger partial charge < -0.3 is 5.11 Å². The monoisotopic (exact) mass is 473 g/mol. The number of aliphatic imine (C=N–C) groups is 1. The molecule has 5 heteroatoms. The van der Waals surface area contributed by atoms with Crippen LogP contribution in [0.5, 0.6) is 5.75 Å². The van der Waals surface area contributed by atoms with Gasteiger partial charge in [-0.25, -0.2) is 0 Å². The lowest BCUT2D eigenvalue weighted by molar-refractivity contribution is 0.119. The maximum atomic E-state index is 10.7. The Morgan fingerprint density at radius 2 is 1.79 bits per heavy atom. The quantitative estimate of drug-likeness (QED) is 0.475. The molecule has 2 N–H and O–H groups in total. The average molecular weight is 474 g/mol. The van der Waals surface area contributed by atoms with E-state index < -0.39 is 0 Å². The second-order valence-corrected chi connectivity index (χ2v) is 10.2. The van der Waals surface area contributed by atoms with E-state index in [2.05, 4.69) is 72.6 Å². The van der Waals surface area contributed by atoms with E-state index in [4.69, 9.17) is 16.6 Å². The van der Waals surface area contributed by atoms with E-state index in [0.717, 1.165) is 43.8 Å². The smallest absolute Gasteiger partial charge is 0.120 e. The van der Waals surface area contributed by atoms with Gasteiger partial charge in [-0.05, 0) is 61.6 Å². The number of nitrogens with one attached hydrogen (secondary N) is 1. The molecular formula is C29H32ClN3O. The van der Waals surface area contributed by atoms with Crippen molar-refractivity contribution in [2.45, 2.75) is 51.4 Å². The Labute approximate surface area is 207 Å². The molecule has 2 heterocycles. The van der Waals surface area contributed by atoms with Gasteiger partial charge in [0.15, 0.2) is 0 Å². The van der Waals surface area contributed by atoms with Gasteiger partial charge in [-0.2, -0.15) is 0 Å². The molecular weight excluding hydrogens is 442 g/mol. The van der Waals surface area contributed by atoms with E-state index in [1.54, 1.807) is 12.1 Å². The van der Waals surface area contributed by atoms with Crippen molar-refractivity contribution in [3.63, 3.8) is 0 Å². The van der Waals surface area contributed by atoms with E-state index in [-0.39, 0.29) is 17.5 Å². The number of phenols is 1.